The average Bonchev–Trinajstić information content (AvgIpc) is 3.18. The van der Waals surface area contributed by atoms with E-state index in [1.807, 2.05) is 47.6 Å². The van der Waals surface area contributed by atoms with Gasteiger partial charge < -0.3 is 9.88 Å². The lowest BCUT2D eigenvalue weighted by Gasteiger charge is -2.17. The zero-order valence-electron chi connectivity index (χ0n) is 12.8. The molecule has 1 aliphatic rings. The van der Waals surface area contributed by atoms with Gasteiger partial charge in [-0.1, -0.05) is 18.2 Å². The molecule has 1 N–H and O–H groups in total. The highest BCUT2D eigenvalue weighted by Crippen LogP contribution is 2.32. The molecule has 1 amide bonds. The first-order valence-corrected chi connectivity index (χ1v) is 8.86. The van der Waals surface area contributed by atoms with Crippen LogP contribution in [0.25, 0.3) is 11.0 Å². The number of thioether (sulfide) groups is 1. The first kappa shape index (κ1) is 14.3. The normalized spacial score (nSPS) is 18.0. The second-order valence-electron chi connectivity index (χ2n) is 5.75. The molecule has 1 fully saturated rings. The number of H-pyrrole nitrogens is 1. The van der Waals surface area contributed by atoms with Gasteiger partial charge in [0.15, 0.2) is 0 Å². The van der Waals surface area contributed by atoms with Gasteiger partial charge in [-0.15, -0.1) is 11.8 Å². The van der Waals surface area contributed by atoms with Gasteiger partial charge in [0.25, 0.3) is 0 Å². The number of para-hydroxylation sites is 2. The Hall–Kier alpha value is -2.27. The molecular weight excluding hydrogens is 306 g/mol. The molecule has 4 nitrogen and oxygen atoms in total. The van der Waals surface area contributed by atoms with Gasteiger partial charge >= 0.3 is 0 Å². The Bertz CT molecular complexity index is 840. The minimum Gasteiger partial charge on any atom is -0.342 e. The Labute approximate surface area is 138 Å². The lowest BCUT2D eigenvalue weighted by Crippen LogP contribution is -2.24. The molecule has 0 radical (unpaired) electrons. The summed E-state index contributed by atoms with van der Waals surface area (Å²) in [4.78, 5) is 23.5. The van der Waals surface area contributed by atoms with Crippen molar-refractivity contribution >= 4 is 34.4 Å². The number of benzene rings is 2. The van der Waals surface area contributed by atoms with Gasteiger partial charge in [0.2, 0.25) is 5.91 Å². The molecule has 0 aliphatic carbocycles. The number of hydrogen-bond acceptors (Lipinski definition) is 3. The zero-order valence-corrected chi connectivity index (χ0v) is 13.6. The molecule has 2 aromatic carbocycles. The molecule has 1 aliphatic heterocycles. The highest BCUT2D eigenvalue weighted by atomic mass is 32.2. The molecule has 0 bridgehead atoms. The molecular formula is C18H17N3OS. The van der Waals surface area contributed by atoms with Crippen molar-refractivity contribution in [2.45, 2.75) is 17.2 Å². The van der Waals surface area contributed by atoms with Crippen LogP contribution in [0.15, 0.2) is 53.4 Å². The topological polar surface area (TPSA) is 49.0 Å². The lowest BCUT2D eigenvalue weighted by atomic mass is 10.1. The van der Waals surface area contributed by atoms with Crippen molar-refractivity contribution in [3.63, 3.8) is 0 Å². The number of nitrogens with zero attached hydrogens (tertiary/aromatic N) is 2. The van der Waals surface area contributed by atoms with Gasteiger partial charge in [0.1, 0.15) is 5.82 Å². The number of carbonyl (C=O) groups is 1. The second-order valence-corrected chi connectivity index (χ2v) is 6.63. The lowest BCUT2D eigenvalue weighted by molar-refractivity contribution is -0.117. The van der Waals surface area contributed by atoms with E-state index in [1.165, 1.54) is 4.90 Å². The van der Waals surface area contributed by atoms with E-state index >= 15 is 0 Å². The largest absolute Gasteiger partial charge is 0.342 e. The first-order valence-electron chi connectivity index (χ1n) is 7.63. The molecule has 23 heavy (non-hydrogen) atoms. The third kappa shape index (κ3) is 2.61. The van der Waals surface area contributed by atoms with Gasteiger partial charge in [-0.25, -0.2) is 4.98 Å². The smallest absolute Gasteiger partial charge is 0.227 e. The number of nitrogens with one attached hydrogen (secondary N) is 1. The van der Waals surface area contributed by atoms with Gasteiger partial charge in [-0.05, 0) is 36.6 Å². The SMILES string of the molecule is CSc1cccc(N2CC(c3nc4ccccc4[nH]3)CC2=O)c1. The van der Waals surface area contributed by atoms with Gasteiger partial charge in [-0.3, -0.25) is 4.79 Å². The fourth-order valence-electron chi connectivity index (χ4n) is 3.08. The molecule has 1 atom stereocenters. The van der Waals surface area contributed by atoms with Crippen molar-refractivity contribution < 1.29 is 4.79 Å². The van der Waals surface area contributed by atoms with Crippen molar-refractivity contribution in [2.24, 2.45) is 0 Å². The fraction of sp³-hybridized carbons (Fsp3) is 0.222. The minimum atomic E-state index is 0.118. The number of aromatic nitrogens is 2. The summed E-state index contributed by atoms with van der Waals surface area (Å²) in [7, 11) is 0. The number of fused-ring (bicyclic) bond motifs is 1. The van der Waals surface area contributed by atoms with E-state index in [0.717, 1.165) is 22.5 Å². The van der Waals surface area contributed by atoms with Gasteiger partial charge in [0.05, 0.1) is 11.0 Å². The zero-order chi connectivity index (χ0) is 15.8. The third-order valence-corrected chi connectivity index (χ3v) is 5.01. The molecule has 0 spiro atoms. The van der Waals surface area contributed by atoms with Crippen LogP contribution in [0.2, 0.25) is 0 Å². The van der Waals surface area contributed by atoms with E-state index in [9.17, 15) is 4.79 Å². The standard InChI is InChI=1S/C18H17N3OS/c1-23-14-6-4-5-13(10-14)21-11-12(9-17(21)22)18-19-15-7-2-3-8-16(15)20-18/h2-8,10,12H,9,11H2,1H3,(H,19,20). The maximum atomic E-state index is 12.5. The van der Waals surface area contributed by atoms with E-state index in [-0.39, 0.29) is 11.8 Å². The Kier molecular flexibility index (Phi) is 3.58. The highest BCUT2D eigenvalue weighted by molar-refractivity contribution is 7.98. The van der Waals surface area contributed by atoms with E-state index < -0.39 is 0 Å². The summed E-state index contributed by atoms with van der Waals surface area (Å²) in [6.07, 6.45) is 2.55. The quantitative estimate of drug-likeness (QED) is 0.746. The third-order valence-electron chi connectivity index (χ3n) is 4.28. The Morgan fingerprint density at radius 3 is 2.91 bits per heavy atom. The van der Waals surface area contributed by atoms with Crippen molar-refractivity contribution in [1.29, 1.82) is 0 Å². The summed E-state index contributed by atoms with van der Waals surface area (Å²) in [6.45, 7) is 0.677. The van der Waals surface area contributed by atoms with Crippen LogP contribution in [0.3, 0.4) is 0 Å². The Morgan fingerprint density at radius 1 is 1.22 bits per heavy atom. The minimum absolute atomic E-state index is 0.118. The van der Waals surface area contributed by atoms with E-state index in [1.54, 1.807) is 11.8 Å². The number of hydrogen-bond donors (Lipinski definition) is 1. The number of rotatable bonds is 3. The Morgan fingerprint density at radius 2 is 2.09 bits per heavy atom. The van der Waals surface area contributed by atoms with Crippen LogP contribution in [0, 0.1) is 0 Å². The van der Waals surface area contributed by atoms with E-state index in [2.05, 4.69) is 22.1 Å². The van der Waals surface area contributed by atoms with E-state index in [0.29, 0.717) is 13.0 Å². The van der Waals surface area contributed by atoms with Crippen LogP contribution in [-0.2, 0) is 4.79 Å². The van der Waals surface area contributed by atoms with E-state index in [4.69, 9.17) is 0 Å². The summed E-state index contributed by atoms with van der Waals surface area (Å²) in [5.41, 5.74) is 2.95. The second kappa shape index (κ2) is 5.74. The summed E-state index contributed by atoms with van der Waals surface area (Å²) in [5.74, 6) is 1.18. The molecule has 0 saturated carbocycles. The fourth-order valence-corrected chi connectivity index (χ4v) is 3.54. The molecule has 116 valence electrons. The molecule has 5 heteroatoms. The van der Waals surface area contributed by atoms with Crippen molar-refractivity contribution in [3.05, 3.63) is 54.4 Å². The first-order chi connectivity index (χ1) is 11.2. The summed E-state index contributed by atoms with van der Waals surface area (Å²) in [6, 6.07) is 16.1. The van der Waals surface area contributed by atoms with Crippen LogP contribution >= 0.6 is 11.8 Å². The summed E-state index contributed by atoms with van der Waals surface area (Å²) >= 11 is 1.69. The monoisotopic (exact) mass is 323 g/mol. The predicted molar refractivity (Wildman–Crippen MR) is 94.0 cm³/mol. The van der Waals surface area contributed by atoms with Crippen molar-refractivity contribution in [3.8, 4) is 0 Å². The molecule has 1 aromatic heterocycles. The Balaban J connectivity index is 1.62. The number of aromatic amines is 1. The molecule has 2 heterocycles. The number of amides is 1. The molecule has 1 saturated heterocycles. The van der Waals surface area contributed by atoms with Crippen LogP contribution in [-0.4, -0.2) is 28.7 Å². The average molecular weight is 323 g/mol. The maximum Gasteiger partial charge on any atom is 0.227 e. The van der Waals surface area contributed by atoms with Crippen LogP contribution in [0.1, 0.15) is 18.2 Å². The molecule has 1 unspecified atom stereocenters. The maximum absolute atomic E-state index is 12.5. The van der Waals surface area contributed by atoms with Crippen molar-refractivity contribution in [2.75, 3.05) is 17.7 Å². The summed E-state index contributed by atoms with van der Waals surface area (Å²) < 4.78 is 0. The van der Waals surface area contributed by atoms with Crippen LogP contribution < -0.4 is 4.90 Å². The summed E-state index contributed by atoms with van der Waals surface area (Å²) in [5, 5.41) is 0. The van der Waals surface area contributed by atoms with Crippen LogP contribution in [0.5, 0.6) is 0 Å². The number of imidazole rings is 1. The number of carbonyl (C=O) groups excluding carboxylic acids is 1. The van der Waals surface area contributed by atoms with Gasteiger partial charge in [0, 0.05) is 29.5 Å². The van der Waals surface area contributed by atoms with Crippen LogP contribution in [0.4, 0.5) is 5.69 Å². The predicted octanol–water partition coefficient (Wildman–Crippen LogP) is 3.81. The van der Waals surface area contributed by atoms with Crippen molar-refractivity contribution in [1.82, 2.24) is 9.97 Å². The molecule has 4 rings (SSSR count). The highest BCUT2D eigenvalue weighted by Gasteiger charge is 2.33. The number of anilines is 1. The van der Waals surface area contributed by atoms with Gasteiger partial charge in [-0.2, -0.15) is 0 Å². The molecule has 3 aromatic rings.